The minimum Gasteiger partial charge on any atom is -0.496 e. The van der Waals surface area contributed by atoms with Crippen molar-refractivity contribution in [2.45, 2.75) is 13.1 Å². The maximum Gasteiger partial charge on any atom is 0.234 e. The summed E-state index contributed by atoms with van der Waals surface area (Å²) in [4.78, 5) is 14.4. The first-order valence-electron chi connectivity index (χ1n) is 9.76. The molecule has 0 aromatic heterocycles. The SMILES string of the molecule is COc1cc(OC)c(OC)cc1CNC(=O)CN(C)Cc1ccc2ccccc2c1. The molecule has 3 rings (SSSR count). The van der Waals surface area contributed by atoms with Crippen molar-refractivity contribution in [1.29, 1.82) is 0 Å². The minimum atomic E-state index is -0.0601. The maximum absolute atomic E-state index is 12.5. The molecular weight excluding hydrogens is 380 g/mol. The van der Waals surface area contributed by atoms with Crippen LogP contribution in [0.5, 0.6) is 17.2 Å². The van der Waals surface area contributed by atoms with Gasteiger partial charge in [0.2, 0.25) is 5.91 Å². The number of hydrogen-bond donors (Lipinski definition) is 1. The molecule has 0 unspecified atom stereocenters. The number of rotatable bonds is 9. The van der Waals surface area contributed by atoms with Crippen LogP contribution in [0.3, 0.4) is 0 Å². The van der Waals surface area contributed by atoms with E-state index in [0.717, 1.165) is 5.56 Å². The van der Waals surface area contributed by atoms with Gasteiger partial charge in [0.25, 0.3) is 0 Å². The molecule has 0 saturated carbocycles. The van der Waals surface area contributed by atoms with E-state index < -0.39 is 0 Å². The van der Waals surface area contributed by atoms with E-state index in [9.17, 15) is 4.79 Å². The normalized spacial score (nSPS) is 10.8. The summed E-state index contributed by atoms with van der Waals surface area (Å²) in [5, 5.41) is 5.37. The summed E-state index contributed by atoms with van der Waals surface area (Å²) in [7, 11) is 6.67. The van der Waals surface area contributed by atoms with E-state index in [2.05, 4.69) is 35.6 Å². The van der Waals surface area contributed by atoms with Crippen LogP contribution in [0.15, 0.2) is 54.6 Å². The fraction of sp³-hybridized carbons (Fsp3) is 0.292. The molecular formula is C24H28N2O4. The molecule has 3 aromatic rings. The Labute approximate surface area is 177 Å². The molecule has 0 fully saturated rings. The first-order chi connectivity index (χ1) is 14.5. The predicted octanol–water partition coefficient (Wildman–Crippen LogP) is 3.61. The number of amides is 1. The number of fused-ring (bicyclic) bond motifs is 1. The standard InChI is InChI=1S/C24H28N2O4/c1-26(15-17-9-10-18-7-5-6-8-19(18)11-17)16-24(27)25-14-20-12-22(29-3)23(30-4)13-21(20)28-2/h5-13H,14-16H2,1-4H3,(H,25,27). The van der Waals surface area contributed by atoms with Gasteiger partial charge < -0.3 is 19.5 Å². The van der Waals surface area contributed by atoms with Crippen LogP contribution in [0.25, 0.3) is 10.8 Å². The number of carbonyl (C=O) groups excluding carboxylic acids is 1. The van der Waals surface area contributed by atoms with E-state index in [1.807, 2.05) is 30.1 Å². The minimum absolute atomic E-state index is 0.0601. The fourth-order valence-electron chi connectivity index (χ4n) is 3.43. The van der Waals surface area contributed by atoms with E-state index in [-0.39, 0.29) is 5.91 Å². The van der Waals surface area contributed by atoms with Crippen LogP contribution in [0.4, 0.5) is 0 Å². The van der Waals surface area contributed by atoms with Crippen molar-refractivity contribution in [2.75, 3.05) is 34.9 Å². The summed E-state index contributed by atoms with van der Waals surface area (Å²) in [5.74, 6) is 1.75. The van der Waals surface area contributed by atoms with Crippen molar-refractivity contribution in [3.05, 3.63) is 65.7 Å². The third kappa shape index (κ3) is 5.21. The Morgan fingerprint density at radius 1 is 0.867 bits per heavy atom. The number of carbonyl (C=O) groups is 1. The molecule has 0 saturated heterocycles. The first kappa shape index (κ1) is 21.5. The van der Waals surface area contributed by atoms with E-state index in [4.69, 9.17) is 14.2 Å². The Kier molecular flexibility index (Phi) is 7.14. The van der Waals surface area contributed by atoms with Crippen LogP contribution in [0.2, 0.25) is 0 Å². The lowest BCUT2D eigenvalue weighted by atomic mass is 10.1. The second-order valence-electron chi connectivity index (χ2n) is 7.15. The zero-order valence-electron chi connectivity index (χ0n) is 17.9. The fourth-order valence-corrected chi connectivity index (χ4v) is 3.43. The van der Waals surface area contributed by atoms with E-state index in [1.54, 1.807) is 27.4 Å². The van der Waals surface area contributed by atoms with Gasteiger partial charge in [0.1, 0.15) is 5.75 Å². The van der Waals surface area contributed by atoms with Gasteiger partial charge in [-0.15, -0.1) is 0 Å². The molecule has 0 bridgehead atoms. The molecule has 1 N–H and O–H groups in total. The zero-order valence-corrected chi connectivity index (χ0v) is 17.9. The average molecular weight is 408 g/mol. The Balaban J connectivity index is 1.58. The van der Waals surface area contributed by atoms with Crippen molar-refractivity contribution >= 4 is 16.7 Å². The number of ether oxygens (including phenoxy) is 3. The van der Waals surface area contributed by atoms with Crippen molar-refractivity contribution in [3.8, 4) is 17.2 Å². The van der Waals surface area contributed by atoms with Gasteiger partial charge in [-0.3, -0.25) is 9.69 Å². The third-order valence-electron chi connectivity index (χ3n) is 4.94. The summed E-state index contributed by atoms with van der Waals surface area (Å²) in [6, 6.07) is 18.2. The number of hydrogen-bond acceptors (Lipinski definition) is 5. The zero-order chi connectivity index (χ0) is 21.5. The van der Waals surface area contributed by atoms with Gasteiger partial charge in [-0.1, -0.05) is 36.4 Å². The number of benzene rings is 3. The topological polar surface area (TPSA) is 60.0 Å². The highest BCUT2D eigenvalue weighted by Crippen LogP contribution is 2.34. The predicted molar refractivity (Wildman–Crippen MR) is 118 cm³/mol. The van der Waals surface area contributed by atoms with Gasteiger partial charge in [0.05, 0.1) is 27.9 Å². The summed E-state index contributed by atoms with van der Waals surface area (Å²) in [6.07, 6.45) is 0. The van der Waals surface area contributed by atoms with Crippen LogP contribution in [-0.4, -0.2) is 45.7 Å². The highest BCUT2D eigenvalue weighted by Gasteiger charge is 2.13. The Morgan fingerprint density at radius 3 is 2.23 bits per heavy atom. The number of nitrogens with zero attached hydrogens (tertiary/aromatic N) is 1. The summed E-state index contributed by atoms with van der Waals surface area (Å²) < 4.78 is 16.1. The smallest absolute Gasteiger partial charge is 0.234 e. The highest BCUT2D eigenvalue weighted by atomic mass is 16.5. The highest BCUT2D eigenvalue weighted by molar-refractivity contribution is 5.83. The molecule has 158 valence electrons. The van der Waals surface area contributed by atoms with Gasteiger partial charge in [0.15, 0.2) is 11.5 Å². The Hall–Kier alpha value is -3.25. The monoisotopic (exact) mass is 408 g/mol. The summed E-state index contributed by atoms with van der Waals surface area (Å²) >= 11 is 0. The van der Waals surface area contributed by atoms with Gasteiger partial charge in [-0.25, -0.2) is 0 Å². The van der Waals surface area contributed by atoms with Crippen LogP contribution in [0.1, 0.15) is 11.1 Å². The lowest BCUT2D eigenvalue weighted by Crippen LogP contribution is -2.34. The number of nitrogens with one attached hydrogen (secondary N) is 1. The lowest BCUT2D eigenvalue weighted by molar-refractivity contribution is -0.122. The molecule has 6 nitrogen and oxygen atoms in total. The van der Waals surface area contributed by atoms with Crippen molar-refractivity contribution < 1.29 is 19.0 Å². The van der Waals surface area contributed by atoms with Crippen molar-refractivity contribution in [2.24, 2.45) is 0 Å². The van der Waals surface area contributed by atoms with E-state index in [0.29, 0.717) is 36.9 Å². The Bertz CT molecular complexity index is 1020. The molecule has 3 aromatic carbocycles. The van der Waals surface area contributed by atoms with Crippen LogP contribution in [0, 0.1) is 0 Å². The van der Waals surface area contributed by atoms with Crippen molar-refractivity contribution in [3.63, 3.8) is 0 Å². The van der Waals surface area contributed by atoms with Gasteiger partial charge in [-0.2, -0.15) is 0 Å². The molecule has 0 spiro atoms. The lowest BCUT2D eigenvalue weighted by Gasteiger charge is -2.18. The number of methoxy groups -OCH3 is 3. The van der Waals surface area contributed by atoms with Gasteiger partial charge in [-0.05, 0) is 35.5 Å². The third-order valence-corrected chi connectivity index (χ3v) is 4.94. The molecule has 30 heavy (non-hydrogen) atoms. The van der Waals surface area contributed by atoms with Crippen LogP contribution in [-0.2, 0) is 17.9 Å². The molecule has 0 atom stereocenters. The van der Waals surface area contributed by atoms with E-state index in [1.165, 1.54) is 16.3 Å². The second-order valence-corrected chi connectivity index (χ2v) is 7.15. The average Bonchev–Trinajstić information content (AvgIpc) is 2.76. The summed E-state index contributed by atoms with van der Waals surface area (Å²) in [5.41, 5.74) is 1.99. The van der Waals surface area contributed by atoms with Gasteiger partial charge in [0, 0.05) is 24.7 Å². The molecule has 6 heteroatoms. The van der Waals surface area contributed by atoms with E-state index >= 15 is 0 Å². The largest absolute Gasteiger partial charge is 0.496 e. The number of likely N-dealkylation sites (N-methyl/N-ethyl adjacent to an activating group) is 1. The second kappa shape index (κ2) is 9.98. The molecule has 0 radical (unpaired) electrons. The van der Waals surface area contributed by atoms with Crippen molar-refractivity contribution in [1.82, 2.24) is 10.2 Å². The first-order valence-corrected chi connectivity index (χ1v) is 9.76. The van der Waals surface area contributed by atoms with Crippen LogP contribution >= 0.6 is 0 Å². The Morgan fingerprint density at radius 2 is 1.53 bits per heavy atom. The van der Waals surface area contributed by atoms with Gasteiger partial charge >= 0.3 is 0 Å². The summed E-state index contributed by atoms with van der Waals surface area (Å²) in [6.45, 7) is 1.33. The molecule has 1 amide bonds. The van der Waals surface area contributed by atoms with Crippen LogP contribution < -0.4 is 19.5 Å². The molecule has 0 heterocycles. The molecule has 0 aliphatic carbocycles. The molecule has 0 aliphatic rings. The quantitative estimate of drug-likeness (QED) is 0.586. The molecule has 0 aliphatic heterocycles. The maximum atomic E-state index is 12.5.